The quantitative estimate of drug-likeness (QED) is 0.456. The fourth-order valence-electron chi connectivity index (χ4n) is 2.84. The van der Waals surface area contributed by atoms with Crippen LogP contribution in [0.2, 0.25) is 0 Å². The normalized spacial score (nSPS) is 10.8. The molecule has 2 heterocycles. The first-order valence-corrected chi connectivity index (χ1v) is 9.08. The number of benzene rings is 1. The van der Waals surface area contributed by atoms with Gasteiger partial charge in [-0.3, -0.25) is 4.79 Å². The molecule has 1 aromatic carbocycles. The summed E-state index contributed by atoms with van der Waals surface area (Å²) >= 11 is 1.56. The zero-order valence-electron chi connectivity index (χ0n) is 14.5. The Morgan fingerprint density at radius 1 is 1.33 bits per heavy atom. The van der Waals surface area contributed by atoms with Crippen molar-refractivity contribution in [3.05, 3.63) is 56.0 Å². The van der Waals surface area contributed by atoms with Crippen LogP contribution in [0.15, 0.2) is 18.3 Å². The summed E-state index contributed by atoms with van der Waals surface area (Å²) in [6.45, 7) is 3.64. The second-order valence-corrected chi connectivity index (χ2v) is 7.05. The SMILES string of the molecule is Cc1nc2c(C#N)cnn2c(C)c1CCC(=O)Nc1cc(F)c(I)c(F)c1. The lowest BCUT2D eigenvalue weighted by Gasteiger charge is -2.11. The molecule has 0 fully saturated rings. The van der Waals surface area contributed by atoms with E-state index < -0.39 is 11.6 Å². The van der Waals surface area contributed by atoms with Gasteiger partial charge in [-0.1, -0.05) is 0 Å². The number of hydrogen-bond acceptors (Lipinski definition) is 4. The standard InChI is InChI=1S/C18H14F2IN5O/c1-9-13(10(2)26-18(24-9)11(7-22)8-23-26)3-4-16(27)25-12-5-14(19)17(21)15(20)6-12/h5-6,8H,3-4H2,1-2H3,(H,25,27). The highest BCUT2D eigenvalue weighted by atomic mass is 127. The second kappa shape index (κ2) is 7.56. The minimum absolute atomic E-state index is 0.0724. The number of nitriles is 1. The number of nitrogens with zero attached hydrogens (tertiary/aromatic N) is 4. The first kappa shape index (κ1) is 19.2. The van der Waals surface area contributed by atoms with Crippen molar-refractivity contribution in [3.63, 3.8) is 0 Å². The van der Waals surface area contributed by atoms with Gasteiger partial charge in [0, 0.05) is 23.5 Å². The lowest BCUT2D eigenvalue weighted by atomic mass is 10.1. The van der Waals surface area contributed by atoms with Crippen LogP contribution in [-0.2, 0) is 11.2 Å². The zero-order chi connectivity index (χ0) is 19.7. The smallest absolute Gasteiger partial charge is 0.224 e. The van der Waals surface area contributed by atoms with Crippen LogP contribution in [0.3, 0.4) is 0 Å². The van der Waals surface area contributed by atoms with Gasteiger partial charge in [0.2, 0.25) is 5.91 Å². The Bertz CT molecular complexity index is 1080. The molecule has 0 radical (unpaired) electrons. The number of hydrogen-bond donors (Lipinski definition) is 1. The molecule has 0 saturated carbocycles. The van der Waals surface area contributed by atoms with Crippen molar-refractivity contribution in [1.29, 1.82) is 5.26 Å². The first-order chi connectivity index (χ1) is 12.8. The lowest BCUT2D eigenvalue weighted by molar-refractivity contribution is -0.116. The third kappa shape index (κ3) is 3.75. The van der Waals surface area contributed by atoms with Gasteiger partial charge in [0.15, 0.2) is 5.65 Å². The van der Waals surface area contributed by atoms with E-state index in [9.17, 15) is 13.6 Å². The molecule has 3 rings (SSSR count). The van der Waals surface area contributed by atoms with Gasteiger partial charge in [-0.25, -0.2) is 18.3 Å². The molecule has 3 aromatic rings. The molecule has 1 N–H and O–H groups in total. The molecule has 0 spiro atoms. The van der Waals surface area contributed by atoms with Gasteiger partial charge >= 0.3 is 0 Å². The number of aromatic nitrogens is 3. The van der Waals surface area contributed by atoms with E-state index in [0.717, 1.165) is 23.4 Å². The summed E-state index contributed by atoms with van der Waals surface area (Å²) in [5, 5.41) is 15.8. The average molecular weight is 481 g/mol. The number of anilines is 1. The lowest BCUT2D eigenvalue weighted by Crippen LogP contribution is -2.15. The van der Waals surface area contributed by atoms with Crippen molar-refractivity contribution in [2.24, 2.45) is 0 Å². The van der Waals surface area contributed by atoms with Crippen LogP contribution in [0.25, 0.3) is 5.65 Å². The molecular formula is C18H14F2IN5O. The topological polar surface area (TPSA) is 83.1 Å². The molecule has 2 aromatic heterocycles. The minimum Gasteiger partial charge on any atom is -0.326 e. The van der Waals surface area contributed by atoms with E-state index in [1.807, 2.05) is 13.0 Å². The molecule has 0 aliphatic heterocycles. The van der Waals surface area contributed by atoms with Crippen molar-refractivity contribution < 1.29 is 13.6 Å². The number of amides is 1. The van der Waals surface area contributed by atoms with Crippen LogP contribution in [-0.4, -0.2) is 20.5 Å². The number of aryl methyl sites for hydroxylation is 2. The summed E-state index contributed by atoms with van der Waals surface area (Å²) in [6.07, 6.45) is 1.94. The highest BCUT2D eigenvalue weighted by Crippen LogP contribution is 2.21. The van der Waals surface area contributed by atoms with Crippen molar-refractivity contribution >= 4 is 39.8 Å². The maximum Gasteiger partial charge on any atom is 0.224 e. The summed E-state index contributed by atoms with van der Waals surface area (Å²) in [6, 6.07) is 4.21. The van der Waals surface area contributed by atoms with E-state index in [1.165, 1.54) is 6.20 Å². The molecule has 0 bridgehead atoms. The average Bonchev–Trinajstić information content (AvgIpc) is 3.02. The Hall–Kier alpha value is -2.61. The van der Waals surface area contributed by atoms with Crippen LogP contribution in [0.4, 0.5) is 14.5 Å². The fourth-order valence-corrected chi connectivity index (χ4v) is 3.15. The van der Waals surface area contributed by atoms with Crippen molar-refractivity contribution in [2.45, 2.75) is 26.7 Å². The largest absolute Gasteiger partial charge is 0.326 e. The third-order valence-electron chi connectivity index (χ3n) is 4.20. The molecule has 0 aliphatic rings. The number of fused-ring (bicyclic) bond motifs is 1. The molecule has 0 aliphatic carbocycles. The second-order valence-electron chi connectivity index (χ2n) is 5.97. The number of rotatable bonds is 4. The summed E-state index contributed by atoms with van der Waals surface area (Å²) in [7, 11) is 0. The number of carbonyl (C=O) groups is 1. The number of nitrogens with one attached hydrogen (secondary N) is 1. The van der Waals surface area contributed by atoms with Crippen LogP contribution in [0.5, 0.6) is 0 Å². The van der Waals surface area contributed by atoms with Gasteiger partial charge < -0.3 is 5.32 Å². The van der Waals surface area contributed by atoms with Gasteiger partial charge in [0.05, 0.1) is 9.77 Å². The fraction of sp³-hybridized carbons (Fsp3) is 0.222. The molecule has 1 amide bonds. The van der Waals surface area contributed by atoms with Crippen molar-refractivity contribution in [3.8, 4) is 6.07 Å². The van der Waals surface area contributed by atoms with E-state index >= 15 is 0 Å². The van der Waals surface area contributed by atoms with E-state index in [4.69, 9.17) is 5.26 Å². The van der Waals surface area contributed by atoms with Gasteiger partial charge in [0.1, 0.15) is 23.3 Å². The molecular weight excluding hydrogens is 467 g/mol. The Labute approximate surface area is 167 Å². The molecule has 6 nitrogen and oxygen atoms in total. The first-order valence-electron chi connectivity index (χ1n) is 8.00. The summed E-state index contributed by atoms with van der Waals surface area (Å²) < 4.78 is 28.6. The Kier molecular flexibility index (Phi) is 5.36. The van der Waals surface area contributed by atoms with E-state index in [-0.39, 0.29) is 21.6 Å². The summed E-state index contributed by atoms with van der Waals surface area (Å²) in [5.74, 6) is -1.81. The van der Waals surface area contributed by atoms with Crippen LogP contribution < -0.4 is 5.32 Å². The van der Waals surface area contributed by atoms with Gasteiger partial charge in [0.25, 0.3) is 0 Å². The molecule has 27 heavy (non-hydrogen) atoms. The Morgan fingerprint density at radius 3 is 2.63 bits per heavy atom. The number of halogens is 3. The maximum absolute atomic E-state index is 13.6. The van der Waals surface area contributed by atoms with Crippen LogP contribution >= 0.6 is 22.6 Å². The zero-order valence-corrected chi connectivity index (χ0v) is 16.6. The predicted molar refractivity (Wildman–Crippen MR) is 103 cm³/mol. The highest BCUT2D eigenvalue weighted by molar-refractivity contribution is 14.1. The van der Waals surface area contributed by atoms with Crippen molar-refractivity contribution in [2.75, 3.05) is 5.32 Å². The number of carbonyl (C=O) groups excluding carboxylic acids is 1. The van der Waals surface area contributed by atoms with Crippen LogP contribution in [0, 0.1) is 40.4 Å². The van der Waals surface area contributed by atoms with E-state index in [2.05, 4.69) is 15.4 Å². The van der Waals surface area contributed by atoms with Gasteiger partial charge in [-0.2, -0.15) is 10.4 Å². The molecule has 0 atom stereocenters. The monoisotopic (exact) mass is 481 g/mol. The van der Waals surface area contributed by atoms with E-state index in [0.29, 0.717) is 23.3 Å². The summed E-state index contributed by atoms with van der Waals surface area (Å²) in [4.78, 5) is 16.6. The molecule has 9 heteroatoms. The predicted octanol–water partition coefficient (Wildman–Crippen LogP) is 3.67. The third-order valence-corrected chi connectivity index (χ3v) is 5.23. The summed E-state index contributed by atoms with van der Waals surface area (Å²) in [5.41, 5.74) is 3.27. The van der Waals surface area contributed by atoms with E-state index in [1.54, 1.807) is 34.0 Å². The molecule has 0 saturated heterocycles. The van der Waals surface area contributed by atoms with Crippen molar-refractivity contribution in [1.82, 2.24) is 14.6 Å². The minimum atomic E-state index is -0.723. The van der Waals surface area contributed by atoms with Gasteiger partial charge in [-0.15, -0.1) is 0 Å². The van der Waals surface area contributed by atoms with Gasteiger partial charge in [-0.05, 0) is 60.6 Å². The van der Waals surface area contributed by atoms with Crippen LogP contribution in [0.1, 0.15) is 28.9 Å². The molecule has 138 valence electrons. The molecule has 0 unspecified atom stereocenters. The maximum atomic E-state index is 13.6. The Balaban J connectivity index is 1.77. The highest BCUT2D eigenvalue weighted by Gasteiger charge is 2.15. The Morgan fingerprint density at radius 2 is 2.00 bits per heavy atom.